The van der Waals surface area contributed by atoms with E-state index < -0.39 is 12.2 Å². The first-order valence-electron chi connectivity index (χ1n) is 12.7. The van der Waals surface area contributed by atoms with Crippen molar-refractivity contribution >= 4 is 0 Å². The van der Waals surface area contributed by atoms with E-state index in [4.69, 9.17) is 18.9 Å². The summed E-state index contributed by atoms with van der Waals surface area (Å²) < 4.78 is 23.5. The molecule has 196 valence electrons. The molecule has 3 aromatic rings. The minimum Gasteiger partial charge on any atom is -0.508 e. The number of aliphatic hydroxyl groups excluding tert-OH is 1. The first-order chi connectivity index (χ1) is 17.8. The molecule has 0 spiro atoms. The van der Waals surface area contributed by atoms with Gasteiger partial charge in [0.25, 0.3) is 0 Å². The third-order valence-corrected chi connectivity index (χ3v) is 7.27. The molecule has 1 heterocycles. The Bertz CT molecular complexity index is 1310. The molecule has 1 aliphatic carbocycles. The molecule has 7 heteroatoms. The molecule has 0 radical (unpaired) electrons. The van der Waals surface area contributed by atoms with Gasteiger partial charge in [0.2, 0.25) is 5.75 Å². The first kappa shape index (κ1) is 25.1. The lowest BCUT2D eigenvalue weighted by Gasteiger charge is -2.35. The van der Waals surface area contributed by atoms with Gasteiger partial charge in [0.05, 0.1) is 26.9 Å². The lowest BCUT2D eigenvalue weighted by atomic mass is 9.80. The zero-order chi connectivity index (χ0) is 26.3. The van der Waals surface area contributed by atoms with Crippen LogP contribution in [0.15, 0.2) is 36.4 Å². The van der Waals surface area contributed by atoms with Crippen LogP contribution in [0.25, 0.3) is 11.1 Å². The Hall–Kier alpha value is -3.58. The Morgan fingerprint density at radius 1 is 0.946 bits per heavy atom. The molecular formula is C30H34O7. The van der Waals surface area contributed by atoms with E-state index in [0.29, 0.717) is 41.8 Å². The number of phenols is 2. The molecule has 0 aromatic heterocycles. The fourth-order valence-corrected chi connectivity index (χ4v) is 5.34. The average molecular weight is 507 g/mol. The molecule has 2 aliphatic rings. The van der Waals surface area contributed by atoms with Crippen molar-refractivity contribution in [3.05, 3.63) is 58.7 Å². The maximum atomic E-state index is 11.3. The Labute approximate surface area is 217 Å². The number of methoxy groups -OCH3 is 2. The standard InChI is InChI=1S/C30H34O7/c1-16(2)9-10-36-27-13-18(12-26(35-4)29(27)33)30-23(32)14-22-21-7-5-17-11-19(31)6-8-20(17)28(21)25(34-3)15-24(22)37-30/h6,8,11-13,15-16,23,30-33H,5,7,9-10,14H2,1-4H3. The molecule has 3 N–H and O–H groups in total. The molecule has 2 unspecified atom stereocenters. The van der Waals surface area contributed by atoms with E-state index in [1.807, 2.05) is 12.1 Å². The van der Waals surface area contributed by atoms with Crippen molar-refractivity contribution in [2.24, 2.45) is 5.92 Å². The van der Waals surface area contributed by atoms with Crippen molar-refractivity contribution in [2.45, 2.75) is 51.7 Å². The van der Waals surface area contributed by atoms with Crippen LogP contribution in [-0.4, -0.2) is 42.3 Å². The lowest BCUT2D eigenvalue weighted by molar-refractivity contribution is 0.0201. The van der Waals surface area contributed by atoms with E-state index >= 15 is 0 Å². The number of aliphatic hydroxyl groups is 1. The van der Waals surface area contributed by atoms with Crippen molar-refractivity contribution in [3.63, 3.8) is 0 Å². The average Bonchev–Trinajstić information content (AvgIpc) is 2.88. The number of hydrogen-bond acceptors (Lipinski definition) is 7. The molecule has 7 nitrogen and oxygen atoms in total. The third-order valence-electron chi connectivity index (χ3n) is 7.27. The number of aryl methyl sites for hydroxylation is 1. The zero-order valence-electron chi connectivity index (χ0n) is 21.7. The summed E-state index contributed by atoms with van der Waals surface area (Å²) in [5.41, 5.74) is 5.82. The van der Waals surface area contributed by atoms with Crippen LogP contribution < -0.4 is 18.9 Å². The lowest BCUT2D eigenvalue weighted by Crippen LogP contribution is -2.31. The van der Waals surface area contributed by atoms with Crippen LogP contribution in [0, 0.1) is 5.92 Å². The fourth-order valence-electron chi connectivity index (χ4n) is 5.34. The van der Waals surface area contributed by atoms with E-state index in [0.717, 1.165) is 47.1 Å². The van der Waals surface area contributed by atoms with Gasteiger partial charge in [-0.2, -0.15) is 0 Å². The Morgan fingerprint density at radius 2 is 1.70 bits per heavy atom. The van der Waals surface area contributed by atoms with E-state index in [2.05, 4.69) is 13.8 Å². The number of fused-ring (bicyclic) bond motifs is 5. The van der Waals surface area contributed by atoms with Gasteiger partial charge in [-0.25, -0.2) is 0 Å². The normalized spacial score (nSPS) is 17.9. The van der Waals surface area contributed by atoms with Crippen LogP contribution in [0.5, 0.6) is 34.5 Å². The Balaban J connectivity index is 1.53. The van der Waals surface area contributed by atoms with E-state index in [9.17, 15) is 15.3 Å². The fraction of sp³-hybridized carbons (Fsp3) is 0.400. The van der Waals surface area contributed by atoms with Gasteiger partial charge >= 0.3 is 0 Å². The summed E-state index contributed by atoms with van der Waals surface area (Å²) in [6.45, 7) is 4.68. The molecular weight excluding hydrogens is 472 g/mol. The van der Waals surface area contributed by atoms with Crippen molar-refractivity contribution in [1.29, 1.82) is 0 Å². The van der Waals surface area contributed by atoms with Gasteiger partial charge in [-0.15, -0.1) is 0 Å². The molecule has 5 rings (SSSR count). The summed E-state index contributed by atoms with van der Waals surface area (Å²) in [4.78, 5) is 0. The van der Waals surface area contributed by atoms with Gasteiger partial charge in [-0.1, -0.05) is 19.9 Å². The van der Waals surface area contributed by atoms with Gasteiger partial charge in [0.15, 0.2) is 17.6 Å². The molecule has 0 bridgehead atoms. The molecule has 2 atom stereocenters. The summed E-state index contributed by atoms with van der Waals surface area (Å²) in [7, 11) is 3.12. The second-order valence-corrected chi connectivity index (χ2v) is 10.2. The topological polar surface area (TPSA) is 97.6 Å². The maximum absolute atomic E-state index is 11.3. The second kappa shape index (κ2) is 10.1. The minimum absolute atomic E-state index is 0.0684. The highest BCUT2D eigenvalue weighted by molar-refractivity contribution is 5.82. The van der Waals surface area contributed by atoms with Crippen LogP contribution in [0.2, 0.25) is 0 Å². The highest BCUT2D eigenvalue weighted by Gasteiger charge is 2.36. The molecule has 0 saturated heterocycles. The van der Waals surface area contributed by atoms with Gasteiger partial charge in [0, 0.05) is 29.2 Å². The first-order valence-corrected chi connectivity index (χ1v) is 12.7. The molecule has 3 aromatic carbocycles. The van der Waals surface area contributed by atoms with Crippen LogP contribution in [0.1, 0.15) is 48.6 Å². The monoisotopic (exact) mass is 506 g/mol. The SMILES string of the molecule is COc1cc(C2Oc3cc(OC)c4c(c3CC2O)CCc2cc(O)ccc2-4)cc(OCCC(C)C)c1O. The number of benzene rings is 3. The molecule has 37 heavy (non-hydrogen) atoms. The van der Waals surface area contributed by atoms with Gasteiger partial charge in [-0.3, -0.25) is 0 Å². The number of rotatable bonds is 7. The summed E-state index contributed by atoms with van der Waals surface area (Å²) in [5.74, 6) is 2.57. The van der Waals surface area contributed by atoms with E-state index in [1.54, 1.807) is 31.4 Å². The predicted molar refractivity (Wildman–Crippen MR) is 140 cm³/mol. The van der Waals surface area contributed by atoms with Gasteiger partial charge in [-0.05, 0) is 66.1 Å². The van der Waals surface area contributed by atoms with Crippen LogP contribution in [-0.2, 0) is 19.3 Å². The smallest absolute Gasteiger partial charge is 0.200 e. The second-order valence-electron chi connectivity index (χ2n) is 10.2. The summed E-state index contributed by atoms with van der Waals surface area (Å²) in [6, 6.07) is 10.7. The van der Waals surface area contributed by atoms with Crippen molar-refractivity contribution < 1.29 is 34.3 Å². The highest BCUT2D eigenvalue weighted by Crippen LogP contribution is 2.50. The number of ether oxygens (including phenoxy) is 4. The quantitative estimate of drug-likeness (QED) is 0.398. The third kappa shape index (κ3) is 4.64. The van der Waals surface area contributed by atoms with E-state index in [1.165, 1.54) is 7.11 Å². The number of hydrogen-bond donors (Lipinski definition) is 3. The van der Waals surface area contributed by atoms with Crippen molar-refractivity contribution in [1.82, 2.24) is 0 Å². The molecule has 0 saturated carbocycles. The summed E-state index contributed by atoms with van der Waals surface area (Å²) in [6.07, 6.45) is 1.30. The largest absolute Gasteiger partial charge is 0.508 e. The minimum atomic E-state index is -0.816. The van der Waals surface area contributed by atoms with Crippen molar-refractivity contribution in [2.75, 3.05) is 20.8 Å². The van der Waals surface area contributed by atoms with Crippen LogP contribution in [0.3, 0.4) is 0 Å². The predicted octanol–water partition coefficient (Wildman–Crippen LogP) is 5.34. The summed E-state index contributed by atoms with van der Waals surface area (Å²) in [5, 5.41) is 31.8. The zero-order valence-corrected chi connectivity index (χ0v) is 21.7. The molecule has 1 aliphatic heterocycles. The molecule has 0 fully saturated rings. The van der Waals surface area contributed by atoms with Gasteiger partial charge in [0.1, 0.15) is 17.2 Å². The summed E-state index contributed by atoms with van der Waals surface area (Å²) >= 11 is 0. The van der Waals surface area contributed by atoms with Crippen LogP contribution >= 0.6 is 0 Å². The Morgan fingerprint density at radius 3 is 2.43 bits per heavy atom. The Kier molecular flexibility index (Phi) is 6.82. The molecule has 0 amide bonds. The highest BCUT2D eigenvalue weighted by atomic mass is 16.5. The number of aromatic hydroxyl groups is 2. The number of phenolic OH excluding ortho intramolecular Hbond substituents is 2. The van der Waals surface area contributed by atoms with E-state index in [-0.39, 0.29) is 17.2 Å². The maximum Gasteiger partial charge on any atom is 0.200 e. The van der Waals surface area contributed by atoms with Crippen LogP contribution in [0.4, 0.5) is 0 Å². The van der Waals surface area contributed by atoms with Gasteiger partial charge < -0.3 is 34.3 Å². The van der Waals surface area contributed by atoms with Crippen molar-refractivity contribution in [3.8, 4) is 45.6 Å².